The molecule has 1 fully saturated rings. The highest BCUT2D eigenvalue weighted by atomic mass is 16.5. The Balaban J connectivity index is 2.54. The van der Waals surface area contributed by atoms with E-state index in [1.807, 2.05) is 0 Å². The molecule has 21 nitrogen and oxygen atoms in total. The number of ether oxygens (including phenoxy) is 4. The third kappa shape index (κ3) is 28.6. The number of carbonyl (C=O) groups excluding carboxylic acids is 6. The molecule has 6 amide bonds. The molecule has 0 bridgehead atoms. The van der Waals surface area contributed by atoms with E-state index < -0.39 is 48.1 Å². The van der Waals surface area contributed by atoms with Gasteiger partial charge in [0.05, 0.1) is 72.2 Å². The van der Waals surface area contributed by atoms with Crippen LogP contribution in [0.25, 0.3) is 0 Å². The predicted molar refractivity (Wildman–Crippen MR) is 221 cm³/mol. The van der Waals surface area contributed by atoms with Crippen LogP contribution in [0.5, 0.6) is 0 Å². The van der Waals surface area contributed by atoms with Crippen LogP contribution >= 0.6 is 0 Å². The topological polar surface area (TPSA) is 313 Å². The standard InChI is InChI=1S/C40H74N6O15/c47-20-26-58-23-17-41-35(52)14-10-30(38(55)43-18-24-59-27-21-48)46-37(54)15-11-31(39(56)44-19-25-60-28-22-49)45-36(53)9-7-5-3-1-2-4-6-8-16-42-40(57)33-13-12-32(51)34(29-50)61-33/h30-34,47-51H,1-29H2,(H,41,52)(H,42,57)(H,43,55)(H,44,56)(H,45,53)(H,46,54). The van der Waals surface area contributed by atoms with Gasteiger partial charge in [-0.15, -0.1) is 0 Å². The number of nitrogens with one attached hydrogen (secondary N) is 6. The van der Waals surface area contributed by atoms with Gasteiger partial charge in [-0.05, 0) is 38.5 Å². The van der Waals surface area contributed by atoms with Gasteiger partial charge >= 0.3 is 0 Å². The van der Waals surface area contributed by atoms with Crippen molar-refractivity contribution >= 4 is 35.4 Å². The molecule has 1 saturated heterocycles. The third-order valence-corrected chi connectivity index (χ3v) is 9.59. The first-order valence-corrected chi connectivity index (χ1v) is 21.7. The fourth-order valence-corrected chi connectivity index (χ4v) is 6.24. The van der Waals surface area contributed by atoms with Crippen molar-refractivity contribution in [2.75, 3.05) is 92.2 Å². The number of hydrogen-bond donors (Lipinski definition) is 11. The van der Waals surface area contributed by atoms with Crippen LogP contribution in [-0.2, 0) is 47.7 Å². The van der Waals surface area contributed by atoms with Gasteiger partial charge in [-0.25, -0.2) is 0 Å². The molecule has 0 saturated carbocycles. The quantitative estimate of drug-likeness (QED) is 0.0284. The van der Waals surface area contributed by atoms with Crippen molar-refractivity contribution in [3.05, 3.63) is 0 Å². The minimum Gasteiger partial charge on any atom is -0.394 e. The molecule has 61 heavy (non-hydrogen) atoms. The van der Waals surface area contributed by atoms with E-state index in [9.17, 15) is 39.0 Å². The summed E-state index contributed by atoms with van der Waals surface area (Å²) in [7, 11) is 0. The lowest BCUT2D eigenvalue weighted by molar-refractivity contribution is -0.159. The lowest BCUT2D eigenvalue weighted by Gasteiger charge is -2.32. The van der Waals surface area contributed by atoms with Crippen molar-refractivity contribution in [1.82, 2.24) is 31.9 Å². The Morgan fingerprint density at radius 2 is 0.984 bits per heavy atom. The van der Waals surface area contributed by atoms with Gasteiger partial charge in [-0.2, -0.15) is 0 Å². The lowest BCUT2D eigenvalue weighted by Crippen LogP contribution is -2.50. The maximum Gasteiger partial charge on any atom is 0.249 e. The zero-order valence-electron chi connectivity index (χ0n) is 35.7. The van der Waals surface area contributed by atoms with Crippen LogP contribution in [0.3, 0.4) is 0 Å². The average molecular weight is 879 g/mol. The molecule has 1 rings (SSSR count). The van der Waals surface area contributed by atoms with Gasteiger partial charge < -0.3 is 76.4 Å². The summed E-state index contributed by atoms with van der Waals surface area (Å²) >= 11 is 0. The largest absolute Gasteiger partial charge is 0.394 e. The van der Waals surface area contributed by atoms with E-state index >= 15 is 0 Å². The molecule has 1 aliphatic rings. The summed E-state index contributed by atoms with van der Waals surface area (Å²) in [4.78, 5) is 76.8. The lowest BCUT2D eigenvalue weighted by atomic mass is 10.0. The molecule has 21 heteroatoms. The Labute approximate surface area is 359 Å². The molecule has 0 radical (unpaired) electrons. The van der Waals surface area contributed by atoms with Crippen molar-refractivity contribution in [3.8, 4) is 0 Å². The summed E-state index contributed by atoms with van der Waals surface area (Å²) in [6.45, 7) is 0.832. The first-order valence-electron chi connectivity index (χ1n) is 21.7. The highest BCUT2D eigenvalue weighted by molar-refractivity contribution is 5.90. The number of amides is 6. The van der Waals surface area contributed by atoms with Gasteiger partial charge in [-0.3, -0.25) is 28.8 Å². The van der Waals surface area contributed by atoms with Crippen LogP contribution in [0.2, 0.25) is 0 Å². The van der Waals surface area contributed by atoms with E-state index in [1.54, 1.807) is 0 Å². The van der Waals surface area contributed by atoms with Crippen molar-refractivity contribution < 1.29 is 73.2 Å². The zero-order valence-corrected chi connectivity index (χ0v) is 35.7. The zero-order chi connectivity index (χ0) is 44.9. The average Bonchev–Trinajstić information content (AvgIpc) is 3.25. The van der Waals surface area contributed by atoms with E-state index in [-0.39, 0.29) is 136 Å². The smallest absolute Gasteiger partial charge is 0.249 e. The van der Waals surface area contributed by atoms with Gasteiger partial charge in [0.25, 0.3) is 0 Å². The van der Waals surface area contributed by atoms with Gasteiger partial charge in [0.1, 0.15) is 24.3 Å². The van der Waals surface area contributed by atoms with Crippen molar-refractivity contribution in [1.29, 1.82) is 0 Å². The van der Waals surface area contributed by atoms with Crippen LogP contribution in [-0.4, -0.2) is 184 Å². The monoisotopic (exact) mass is 879 g/mol. The Kier molecular flexibility index (Phi) is 33.7. The molecule has 0 aromatic carbocycles. The van der Waals surface area contributed by atoms with Crippen molar-refractivity contribution in [2.24, 2.45) is 0 Å². The fraction of sp³-hybridized carbons (Fsp3) is 0.850. The molecular weight excluding hydrogens is 804 g/mol. The summed E-state index contributed by atoms with van der Waals surface area (Å²) in [5.41, 5.74) is 0. The van der Waals surface area contributed by atoms with Gasteiger partial charge in [0.15, 0.2) is 0 Å². The molecule has 1 heterocycles. The molecule has 1 aliphatic heterocycles. The summed E-state index contributed by atoms with van der Waals surface area (Å²) in [6, 6.07) is -2.16. The number of hydrogen-bond acceptors (Lipinski definition) is 15. The van der Waals surface area contributed by atoms with E-state index in [4.69, 9.17) is 34.3 Å². The summed E-state index contributed by atoms with van der Waals surface area (Å²) < 4.78 is 21.0. The van der Waals surface area contributed by atoms with Gasteiger partial charge in [0, 0.05) is 45.4 Å². The first-order chi connectivity index (χ1) is 29.6. The first kappa shape index (κ1) is 55.5. The van der Waals surface area contributed by atoms with E-state index in [0.717, 1.165) is 44.9 Å². The van der Waals surface area contributed by atoms with E-state index in [2.05, 4.69) is 31.9 Å². The number of rotatable bonds is 38. The van der Waals surface area contributed by atoms with Crippen LogP contribution in [0.15, 0.2) is 0 Å². The summed E-state index contributed by atoms with van der Waals surface area (Å²) in [6.07, 6.45) is 5.46. The predicted octanol–water partition coefficient (Wildman–Crippen LogP) is -2.58. The number of unbranched alkanes of at least 4 members (excludes halogenated alkanes) is 7. The van der Waals surface area contributed by atoms with Crippen LogP contribution in [0, 0.1) is 0 Å². The van der Waals surface area contributed by atoms with Crippen molar-refractivity contribution in [2.45, 2.75) is 127 Å². The van der Waals surface area contributed by atoms with Crippen LogP contribution in [0.4, 0.5) is 0 Å². The highest BCUT2D eigenvalue weighted by Gasteiger charge is 2.33. The van der Waals surface area contributed by atoms with Crippen LogP contribution in [0.1, 0.15) is 96.3 Å². The van der Waals surface area contributed by atoms with Gasteiger partial charge in [0.2, 0.25) is 35.4 Å². The normalized spacial score (nSPS) is 17.2. The Hall–Kier alpha value is -3.54. The van der Waals surface area contributed by atoms with Crippen LogP contribution < -0.4 is 31.9 Å². The second-order valence-corrected chi connectivity index (χ2v) is 14.6. The SMILES string of the molecule is O=C(CCC(NC(=O)CCC(NC(=O)CCCCCCCCCCNC(=O)C1CCC(O)C(CO)O1)C(=O)NCCOCCO)C(=O)NCCOCCO)NCCOCCO. The Morgan fingerprint density at radius 1 is 0.525 bits per heavy atom. The van der Waals surface area contributed by atoms with E-state index in [1.165, 1.54) is 0 Å². The third-order valence-electron chi connectivity index (χ3n) is 9.59. The van der Waals surface area contributed by atoms with Crippen molar-refractivity contribution in [3.63, 3.8) is 0 Å². The molecule has 11 N–H and O–H groups in total. The number of carbonyl (C=O) groups is 6. The fourth-order valence-electron chi connectivity index (χ4n) is 6.24. The molecule has 0 spiro atoms. The molecule has 0 aromatic heterocycles. The molecule has 354 valence electrons. The maximum atomic E-state index is 13.1. The molecule has 5 unspecified atom stereocenters. The summed E-state index contributed by atoms with van der Waals surface area (Å²) in [5.74, 6) is -2.62. The highest BCUT2D eigenvalue weighted by Crippen LogP contribution is 2.19. The second-order valence-electron chi connectivity index (χ2n) is 14.6. The maximum absolute atomic E-state index is 13.1. The molecule has 0 aromatic rings. The summed E-state index contributed by atoms with van der Waals surface area (Å²) in [5, 5.41) is 61.9. The molecule has 0 aliphatic carbocycles. The molecule has 5 atom stereocenters. The van der Waals surface area contributed by atoms with Gasteiger partial charge in [-0.1, -0.05) is 38.5 Å². The number of aliphatic hydroxyl groups is 5. The molecular formula is C40H74N6O15. The minimum atomic E-state index is -1.10. The number of aliphatic hydroxyl groups excluding tert-OH is 5. The van der Waals surface area contributed by atoms with E-state index in [0.29, 0.717) is 25.8 Å². The Bertz CT molecular complexity index is 1220. The minimum absolute atomic E-state index is 0.0375. The Morgan fingerprint density at radius 3 is 1.49 bits per heavy atom. The second kappa shape index (κ2) is 37.1.